The molecule has 0 unspecified atom stereocenters. The highest BCUT2D eigenvalue weighted by Crippen LogP contribution is 2.29. The van der Waals surface area contributed by atoms with Crippen molar-refractivity contribution in [3.8, 4) is 17.5 Å². The minimum absolute atomic E-state index is 0.140. The third-order valence-electron chi connectivity index (χ3n) is 5.60. The van der Waals surface area contributed by atoms with Crippen molar-refractivity contribution in [1.29, 1.82) is 5.26 Å². The number of aromatic amines is 2. The van der Waals surface area contributed by atoms with E-state index in [2.05, 4.69) is 50.4 Å². The SMILES string of the molecule is N#Cc1ccc2c(-c3cc4cc(CN5CCC(O)CC5)ccc4[nH]3)n[nH]c2c1. The summed E-state index contributed by atoms with van der Waals surface area (Å²) in [5.41, 5.74) is 5.67. The molecule has 0 aliphatic carbocycles. The average Bonchev–Trinajstić information content (AvgIpc) is 3.32. The second kappa shape index (κ2) is 6.79. The van der Waals surface area contributed by atoms with E-state index in [4.69, 9.17) is 5.26 Å². The van der Waals surface area contributed by atoms with E-state index in [9.17, 15) is 5.11 Å². The van der Waals surface area contributed by atoms with Crippen LogP contribution in [0, 0.1) is 11.3 Å². The van der Waals surface area contributed by atoms with Crippen molar-refractivity contribution >= 4 is 21.8 Å². The van der Waals surface area contributed by atoms with Gasteiger partial charge in [-0.15, -0.1) is 0 Å². The molecule has 3 N–H and O–H groups in total. The number of nitriles is 1. The largest absolute Gasteiger partial charge is 0.393 e. The van der Waals surface area contributed by atoms with Crippen LogP contribution in [-0.2, 0) is 6.54 Å². The highest BCUT2D eigenvalue weighted by molar-refractivity contribution is 5.96. The zero-order chi connectivity index (χ0) is 19.1. The van der Waals surface area contributed by atoms with Gasteiger partial charge in [0, 0.05) is 35.9 Å². The lowest BCUT2D eigenvalue weighted by Gasteiger charge is -2.29. The van der Waals surface area contributed by atoms with Gasteiger partial charge in [-0.1, -0.05) is 6.07 Å². The van der Waals surface area contributed by atoms with Crippen LogP contribution in [-0.4, -0.2) is 44.4 Å². The van der Waals surface area contributed by atoms with Gasteiger partial charge in [0.2, 0.25) is 0 Å². The average molecular weight is 371 g/mol. The van der Waals surface area contributed by atoms with Crippen molar-refractivity contribution in [3.05, 3.63) is 53.6 Å². The van der Waals surface area contributed by atoms with Crippen LogP contribution in [0.4, 0.5) is 0 Å². The van der Waals surface area contributed by atoms with Crippen molar-refractivity contribution in [2.45, 2.75) is 25.5 Å². The number of aromatic nitrogens is 3. The molecule has 4 aromatic rings. The van der Waals surface area contributed by atoms with E-state index < -0.39 is 0 Å². The number of aliphatic hydroxyl groups excluding tert-OH is 1. The van der Waals surface area contributed by atoms with Crippen LogP contribution in [0.25, 0.3) is 33.2 Å². The Morgan fingerprint density at radius 1 is 1.11 bits per heavy atom. The number of nitrogens with zero attached hydrogens (tertiary/aromatic N) is 3. The van der Waals surface area contributed by atoms with Gasteiger partial charge in [0.05, 0.1) is 28.9 Å². The molecule has 6 heteroatoms. The highest BCUT2D eigenvalue weighted by atomic mass is 16.3. The minimum atomic E-state index is -0.140. The first kappa shape index (κ1) is 17.0. The van der Waals surface area contributed by atoms with Gasteiger partial charge in [0.15, 0.2) is 0 Å². The zero-order valence-corrected chi connectivity index (χ0v) is 15.4. The molecule has 0 radical (unpaired) electrons. The highest BCUT2D eigenvalue weighted by Gasteiger charge is 2.17. The van der Waals surface area contributed by atoms with E-state index in [1.165, 1.54) is 5.56 Å². The minimum Gasteiger partial charge on any atom is -0.393 e. The molecule has 3 heterocycles. The summed E-state index contributed by atoms with van der Waals surface area (Å²) in [7, 11) is 0. The third kappa shape index (κ3) is 3.05. The molecule has 28 heavy (non-hydrogen) atoms. The monoisotopic (exact) mass is 371 g/mol. The Bertz CT molecular complexity index is 1190. The Kier molecular flexibility index (Phi) is 4.12. The maximum Gasteiger partial charge on any atom is 0.116 e. The van der Waals surface area contributed by atoms with Crippen LogP contribution in [0.3, 0.4) is 0 Å². The molecule has 0 atom stereocenters. The molecule has 0 bridgehead atoms. The Morgan fingerprint density at radius 3 is 2.79 bits per heavy atom. The van der Waals surface area contributed by atoms with Crippen molar-refractivity contribution in [1.82, 2.24) is 20.1 Å². The van der Waals surface area contributed by atoms with Crippen LogP contribution >= 0.6 is 0 Å². The second-order valence-corrected chi connectivity index (χ2v) is 7.56. The molecule has 1 aliphatic heterocycles. The Balaban J connectivity index is 1.45. The topological polar surface area (TPSA) is 91.7 Å². The molecule has 6 nitrogen and oxygen atoms in total. The molecule has 0 saturated carbocycles. The van der Waals surface area contributed by atoms with Gasteiger partial charge in [-0.3, -0.25) is 10.00 Å². The molecular weight excluding hydrogens is 350 g/mol. The van der Waals surface area contributed by atoms with Crippen molar-refractivity contribution in [2.75, 3.05) is 13.1 Å². The molecule has 2 aromatic carbocycles. The predicted octanol–water partition coefficient (Wildman–Crippen LogP) is 3.54. The number of piperidine rings is 1. The van der Waals surface area contributed by atoms with Crippen LogP contribution in [0.5, 0.6) is 0 Å². The quantitative estimate of drug-likeness (QED) is 0.514. The number of likely N-dealkylation sites (tertiary alicyclic amines) is 1. The summed E-state index contributed by atoms with van der Waals surface area (Å²) in [6, 6.07) is 16.4. The summed E-state index contributed by atoms with van der Waals surface area (Å²) in [6.45, 7) is 2.80. The van der Waals surface area contributed by atoms with Gasteiger partial charge >= 0.3 is 0 Å². The van der Waals surface area contributed by atoms with Crippen molar-refractivity contribution < 1.29 is 5.11 Å². The van der Waals surface area contributed by atoms with Gasteiger partial charge in [-0.2, -0.15) is 10.4 Å². The van der Waals surface area contributed by atoms with Gasteiger partial charge in [-0.25, -0.2) is 0 Å². The number of hydrogen-bond donors (Lipinski definition) is 3. The fraction of sp³-hybridized carbons (Fsp3) is 0.273. The summed E-state index contributed by atoms with van der Waals surface area (Å²) in [6.07, 6.45) is 1.57. The lowest BCUT2D eigenvalue weighted by atomic mass is 10.1. The maximum absolute atomic E-state index is 9.68. The predicted molar refractivity (Wildman–Crippen MR) is 109 cm³/mol. The normalized spacial score (nSPS) is 16.0. The molecule has 1 saturated heterocycles. The van der Waals surface area contributed by atoms with Crippen LogP contribution in [0.2, 0.25) is 0 Å². The van der Waals surface area contributed by atoms with E-state index in [0.717, 1.165) is 65.7 Å². The first-order valence-electron chi connectivity index (χ1n) is 9.60. The summed E-state index contributed by atoms with van der Waals surface area (Å²) in [4.78, 5) is 5.86. The van der Waals surface area contributed by atoms with E-state index in [0.29, 0.717) is 5.56 Å². The Hall–Kier alpha value is -3.14. The summed E-state index contributed by atoms with van der Waals surface area (Å²) in [5.74, 6) is 0. The second-order valence-electron chi connectivity index (χ2n) is 7.56. The number of aliphatic hydroxyl groups is 1. The zero-order valence-electron chi connectivity index (χ0n) is 15.4. The Labute approximate surface area is 162 Å². The van der Waals surface area contributed by atoms with Gasteiger partial charge < -0.3 is 10.1 Å². The van der Waals surface area contributed by atoms with E-state index >= 15 is 0 Å². The molecule has 1 aliphatic rings. The van der Waals surface area contributed by atoms with E-state index in [-0.39, 0.29) is 6.10 Å². The molecule has 5 rings (SSSR count). The summed E-state index contributed by atoms with van der Waals surface area (Å²) < 4.78 is 0. The molecule has 0 amide bonds. The summed E-state index contributed by atoms with van der Waals surface area (Å²) in [5, 5.41) is 28.4. The Morgan fingerprint density at radius 2 is 1.96 bits per heavy atom. The number of hydrogen-bond acceptors (Lipinski definition) is 4. The molecule has 140 valence electrons. The first-order chi connectivity index (χ1) is 13.7. The summed E-state index contributed by atoms with van der Waals surface area (Å²) >= 11 is 0. The lowest BCUT2D eigenvalue weighted by Crippen LogP contribution is -2.35. The van der Waals surface area contributed by atoms with Gasteiger partial charge in [0.1, 0.15) is 5.69 Å². The number of benzene rings is 2. The first-order valence-corrected chi connectivity index (χ1v) is 9.60. The van der Waals surface area contributed by atoms with Gasteiger partial charge in [0.25, 0.3) is 0 Å². The molecular formula is C22H21N5O. The van der Waals surface area contributed by atoms with E-state index in [1.54, 1.807) is 0 Å². The smallest absolute Gasteiger partial charge is 0.116 e. The van der Waals surface area contributed by atoms with E-state index in [1.807, 2.05) is 18.2 Å². The molecule has 1 fully saturated rings. The fourth-order valence-corrected chi connectivity index (χ4v) is 4.04. The van der Waals surface area contributed by atoms with Crippen molar-refractivity contribution in [3.63, 3.8) is 0 Å². The fourth-order valence-electron chi connectivity index (χ4n) is 4.04. The number of nitrogens with one attached hydrogen (secondary N) is 2. The third-order valence-corrected chi connectivity index (χ3v) is 5.60. The van der Waals surface area contributed by atoms with Gasteiger partial charge in [-0.05, 0) is 54.8 Å². The number of rotatable bonds is 3. The molecule has 2 aromatic heterocycles. The van der Waals surface area contributed by atoms with Crippen LogP contribution in [0.15, 0.2) is 42.5 Å². The standard InChI is InChI=1S/C22H21N5O/c23-12-14-1-3-18-20(10-14)25-26-22(18)21-11-16-9-15(2-4-19(16)24-21)13-27-7-5-17(28)6-8-27/h1-4,9-11,17,24,28H,5-8,13H2,(H,25,26). The maximum atomic E-state index is 9.68. The van der Waals surface area contributed by atoms with Crippen LogP contribution < -0.4 is 0 Å². The number of H-pyrrole nitrogens is 2. The van der Waals surface area contributed by atoms with Crippen molar-refractivity contribution in [2.24, 2.45) is 0 Å². The molecule has 0 spiro atoms. The lowest BCUT2D eigenvalue weighted by molar-refractivity contribution is 0.0792. The van der Waals surface area contributed by atoms with Crippen LogP contribution in [0.1, 0.15) is 24.0 Å². The number of fused-ring (bicyclic) bond motifs is 2.